The highest BCUT2D eigenvalue weighted by Crippen LogP contribution is 2.29. The Morgan fingerprint density at radius 3 is 1.73 bits per heavy atom. The van der Waals surface area contributed by atoms with E-state index in [4.69, 9.17) is 14.2 Å². The maximum atomic E-state index is 13.0. The van der Waals surface area contributed by atoms with Gasteiger partial charge in [0.25, 0.3) is 0 Å². The van der Waals surface area contributed by atoms with Crippen LogP contribution in [0.1, 0.15) is 57.5 Å². The fourth-order valence-corrected chi connectivity index (χ4v) is 2.50. The minimum Gasteiger partial charge on any atom is -0.491 e. The first kappa shape index (κ1) is 19.8. The molecule has 0 N–H and O–H groups in total. The van der Waals surface area contributed by atoms with E-state index in [1.807, 2.05) is 53.7 Å². The van der Waals surface area contributed by atoms with Gasteiger partial charge in [-0.25, -0.2) is 0 Å². The van der Waals surface area contributed by atoms with E-state index in [2.05, 4.69) is 0 Å². The Morgan fingerprint density at radius 1 is 0.692 bits per heavy atom. The van der Waals surface area contributed by atoms with Gasteiger partial charge in [-0.15, -0.1) is 0 Å². The Labute approximate surface area is 156 Å². The summed E-state index contributed by atoms with van der Waals surface area (Å²) in [4.78, 5) is 13.0. The standard InChI is InChI=1S/C22H28O4/c1-14(2)24-18-9-7-17(8-10-18)22(23)20-12-11-19(25-15(3)4)13-21(20)26-16(5)6/h7-16H,1-6H3. The summed E-state index contributed by atoms with van der Waals surface area (Å²) in [5, 5.41) is 0. The third-order valence-electron chi connectivity index (χ3n) is 3.42. The van der Waals surface area contributed by atoms with Gasteiger partial charge < -0.3 is 14.2 Å². The van der Waals surface area contributed by atoms with Crippen LogP contribution in [0.5, 0.6) is 17.2 Å². The molecule has 4 heteroatoms. The molecule has 0 aliphatic rings. The molecule has 0 fully saturated rings. The smallest absolute Gasteiger partial charge is 0.196 e. The average molecular weight is 356 g/mol. The Morgan fingerprint density at radius 2 is 1.19 bits per heavy atom. The summed E-state index contributed by atoms with van der Waals surface area (Å²) < 4.78 is 17.2. The van der Waals surface area contributed by atoms with Crippen molar-refractivity contribution < 1.29 is 19.0 Å². The summed E-state index contributed by atoms with van der Waals surface area (Å²) in [6, 6.07) is 12.5. The molecule has 0 amide bonds. The van der Waals surface area contributed by atoms with Crippen LogP contribution in [0.15, 0.2) is 42.5 Å². The normalized spacial score (nSPS) is 11.1. The Balaban J connectivity index is 2.31. The molecule has 4 nitrogen and oxygen atoms in total. The van der Waals surface area contributed by atoms with Gasteiger partial charge in [0.2, 0.25) is 0 Å². The number of carbonyl (C=O) groups excluding carboxylic acids is 1. The summed E-state index contributed by atoms with van der Waals surface area (Å²) in [7, 11) is 0. The zero-order valence-electron chi connectivity index (χ0n) is 16.4. The first-order chi connectivity index (χ1) is 12.3. The van der Waals surface area contributed by atoms with Gasteiger partial charge in [0.05, 0.1) is 23.9 Å². The number of hydrogen-bond donors (Lipinski definition) is 0. The first-order valence-electron chi connectivity index (χ1n) is 9.05. The highest BCUT2D eigenvalue weighted by molar-refractivity contribution is 6.10. The van der Waals surface area contributed by atoms with Crippen LogP contribution in [0.4, 0.5) is 0 Å². The molecular weight excluding hydrogens is 328 g/mol. The van der Waals surface area contributed by atoms with Gasteiger partial charge in [-0.1, -0.05) is 0 Å². The second-order valence-electron chi connectivity index (χ2n) is 7.01. The second-order valence-corrected chi connectivity index (χ2v) is 7.01. The van der Waals surface area contributed by atoms with Crippen LogP contribution in [0.3, 0.4) is 0 Å². The highest BCUT2D eigenvalue weighted by atomic mass is 16.5. The van der Waals surface area contributed by atoms with Gasteiger partial charge in [0.15, 0.2) is 5.78 Å². The van der Waals surface area contributed by atoms with Gasteiger partial charge in [0, 0.05) is 11.6 Å². The SMILES string of the molecule is CC(C)Oc1ccc(C(=O)c2ccc(OC(C)C)cc2OC(C)C)cc1. The molecule has 0 aliphatic heterocycles. The van der Waals surface area contributed by atoms with Crippen molar-refractivity contribution in [3.8, 4) is 17.2 Å². The third kappa shape index (κ3) is 5.51. The average Bonchev–Trinajstić information content (AvgIpc) is 2.53. The summed E-state index contributed by atoms with van der Waals surface area (Å²) in [5.74, 6) is 1.88. The minimum atomic E-state index is -0.0900. The third-order valence-corrected chi connectivity index (χ3v) is 3.42. The fourth-order valence-electron chi connectivity index (χ4n) is 2.50. The zero-order valence-corrected chi connectivity index (χ0v) is 16.4. The maximum absolute atomic E-state index is 13.0. The number of rotatable bonds is 8. The Hall–Kier alpha value is -2.49. The highest BCUT2D eigenvalue weighted by Gasteiger charge is 2.17. The molecule has 0 atom stereocenters. The lowest BCUT2D eigenvalue weighted by atomic mass is 10.0. The Kier molecular flexibility index (Phi) is 6.67. The van der Waals surface area contributed by atoms with Crippen molar-refractivity contribution in [2.45, 2.75) is 59.9 Å². The number of hydrogen-bond acceptors (Lipinski definition) is 4. The Bertz CT molecular complexity index is 730. The summed E-state index contributed by atoms with van der Waals surface area (Å²) in [5.41, 5.74) is 1.11. The van der Waals surface area contributed by atoms with E-state index < -0.39 is 0 Å². The van der Waals surface area contributed by atoms with Crippen molar-refractivity contribution in [2.75, 3.05) is 0 Å². The van der Waals surface area contributed by atoms with Crippen LogP contribution in [-0.2, 0) is 0 Å². The van der Waals surface area contributed by atoms with E-state index >= 15 is 0 Å². The van der Waals surface area contributed by atoms with Gasteiger partial charge >= 0.3 is 0 Å². The molecule has 2 aromatic rings. The predicted molar refractivity (Wildman–Crippen MR) is 104 cm³/mol. The van der Waals surface area contributed by atoms with Crippen LogP contribution in [0.25, 0.3) is 0 Å². The molecule has 0 bridgehead atoms. The monoisotopic (exact) mass is 356 g/mol. The number of carbonyl (C=O) groups is 1. The van der Waals surface area contributed by atoms with Crippen LogP contribution in [0, 0.1) is 0 Å². The molecular formula is C22H28O4. The molecule has 0 aromatic heterocycles. The molecule has 2 rings (SSSR count). The van der Waals surface area contributed by atoms with Crippen molar-refractivity contribution in [2.24, 2.45) is 0 Å². The van der Waals surface area contributed by atoms with Crippen molar-refractivity contribution >= 4 is 5.78 Å². The fraction of sp³-hybridized carbons (Fsp3) is 0.409. The van der Waals surface area contributed by atoms with Crippen molar-refractivity contribution in [3.05, 3.63) is 53.6 Å². The lowest BCUT2D eigenvalue weighted by molar-refractivity contribution is 0.103. The van der Waals surface area contributed by atoms with Crippen molar-refractivity contribution in [1.82, 2.24) is 0 Å². The van der Waals surface area contributed by atoms with Gasteiger partial charge in [-0.05, 0) is 77.9 Å². The van der Waals surface area contributed by atoms with Crippen LogP contribution in [0.2, 0.25) is 0 Å². The number of benzene rings is 2. The van der Waals surface area contributed by atoms with Gasteiger partial charge in [-0.3, -0.25) is 4.79 Å². The van der Waals surface area contributed by atoms with E-state index in [9.17, 15) is 4.79 Å². The van der Waals surface area contributed by atoms with E-state index in [0.717, 1.165) is 5.75 Å². The second kappa shape index (κ2) is 8.75. The van der Waals surface area contributed by atoms with E-state index in [0.29, 0.717) is 22.6 Å². The molecule has 0 saturated heterocycles. The predicted octanol–water partition coefficient (Wildman–Crippen LogP) is 5.28. The van der Waals surface area contributed by atoms with E-state index in [-0.39, 0.29) is 24.1 Å². The molecule has 2 aromatic carbocycles. The number of ketones is 1. The lowest BCUT2D eigenvalue weighted by Crippen LogP contribution is -2.12. The molecule has 0 spiro atoms. The van der Waals surface area contributed by atoms with Crippen LogP contribution < -0.4 is 14.2 Å². The lowest BCUT2D eigenvalue weighted by Gasteiger charge is -2.17. The van der Waals surface area contributed by atoms with E-state index in [1.165, 1.54) is 0 Å². The zero-order chi connectivity index (χ0) is 19.3. The molecule has 0 unspecified atom stereocenters. The number of ether oxygens (including phenoxy) is 3. The topological polar surface area (TPSA) is 44.8 Å². The van der Waals surface area contributed by atoms with E-state index in [1.54, 1.807) is 30.3 Å². The minimum absolute atomic E-state index is 0.0438. The largest absolute Gasteiger partial charge is 0.491 e. The van der Waals surface area contributed by atoms with Crippen molar-refractivity contribution in [3.63, 3.8) is 0 Å². The molecule has 0 heterocycles. The molecule has 140 valence electrons. The first-order valence-corrected chi connectivity index (χ1v) is 9.05. The van der Waals surface area contributed by atoms with Crippen LogP contribution in [-0.4, -0.2) is 24.1 Å². The summed E-state index contributed by atoms with van der Waals surface area (Å²) in [6.45, 7) is 11.7. The molecule has 0 radical (unpaired) electrons. The summed E-state index contributed by atoms with van der Waals surface area (Å²) >= 11 is 0. The summed E-state index contributed by atoms with van der Waals surface area (Å²) in [6.07, 6.45) is 0.103. The van der Waals surface area contributed by atoms with Crippen LogP contribution >= 0.6 is 0 Å². The molecule has 0 saturated carbocycles. The molecule has 0 aliphatic carbocycles. The van der Waals surface area contributed by atoms with Gasteiger partial charge in [0.1, 0.15) is 17.2 Å². The maximum Gasteiger partial charge on any atom is 0.196 e. The quantitative estimate of drug-likeness (QED) is 0.604. The van der Waals surface area contributed by atoms with Crippen molar-refractivity contribution in [1.29, 1.82) is 0 Å². The molecule has 26 heavy (non-hydrogen) atoms. The van der Waals surface area contributed by atoms with Gasteiger partial charge in [-0.2, -0.15) is 0 Å².